The van der Waals surface area contributed by atoms with E-state index in [2.05, 4.69) is 46.1 Å². The summed E-state index contributed by atoms with van der Waals surface area (Å²) in [4.78, 5) is 4.16. The number of hydrogen-bond donors (Lipinski definition) is 1. The van der Waals surface area contributed by atoms with Crippen molar-refractivity contribution >= 4 is 15.9 Å². The van der Waals surface area contributed by atoms with Gasteiger partial charge in [0, 0.05) is 42.0 Å². The molecule has 1 N–H and O–H groups in total. The van der Waals surface area contributed by atoms with Crippen molar-refractivity contribution < 1.29 is 4.74 Å². The van der Waals surface area contributed by atoms with Crippen LogP contribution in [0.2, 0.25) is 0 Å². The lowest BCUT2D eigenvalue weighted by Crippen LogP contribution is -2.60. The maximum absolute atomic E-state index is 5.44. The van der Waals surface area contributed by atoms with Gasteiger partial charge in [-0.05, 0) is 34.0 Å². The van der Waals surface area contributed by atoms with Gasteiger partial charge in [0.1, 0.15) is 0 Å². The fraction of sp³-hybridized carbons (Fsp3) is 0.615. The van der Waals surface area contributed by atoms with Crippen LogP contribution in [-0.2, 0) is 11.3 Å². The van der Waals surface area contributed by atoms with E-state index in [1.807, 2.05) is 6.20 Å². The highest BCUT2D eigenvalue weighted by molar-refractivity contribution is 9.10. The summed E-state index contributed by atoms with van der Waals surface area (Å²) in [6.45, 7) is 5.36. The number of rotatable bonds is 4. The first kappa shape index (κ1) is 13.0. The van der Waals surface area contributed by atoms with E-state index in [0.29, 0.717) is 12.1 Å². The number of nitrogens with zero attached hydrogens (tertiary/aromatic N) is 1. The van der Waals surface area contributed by atoms with Crippen LogP contribution in [-0.4, -0.2) is 24.2 Å². The lowest BCUT2D eigenvalue weighted by atomic mass is 9.64. The fourth-order valence-corrected chi connectivity index (χ4v) is 2.84. The largest absolute Gasteiger partial charge is 0.381 e. The van der Waals surface area contributed by atoms with Gasteiger partial charge in [0.25, 0.3) is 0 Å². The Bertz CT molecular complexity index is 395. The van der Waals surface area contributed by atoms with Crippen LogP contribution in [0.1, 0.15) is 25.8 Å². The van der Waals surface area contributed by atoms with E-state index in [-0.39, 0.29) is 5.41 Å². The maximum atomic E-state index is 5.44. The van der Waals surface area contributed by atoms with Crippen molar-refractivity contribution in [1.82, 2.24) is 10.3 Å². The summed E-state index contributed by atoms with van der Waals surface area (Å²) in [5.74, 6) is 0. The number of hydrogen-bond acceptors (Lipinski definition) is 3. The number of halogens is 1. The van der Waals surface area contributed by atoms with E-state index in [4.69, 9.17) is 4.74 Å². The highest BCUT2D eigenvalue weighted by atomic mass is 79.9. The van der Waals surface area contributed by atoms with Gasteiger partial charge in [0.15, 0.2) is 0 Å². The van der Waals surface area contributed by atoms with Crippen LogP contribution in [0, 0.1) is 5.41 Å². The minimum atomic E-state index is 0.216. The normalized spacial score (nSPS) is 26.6. The van der Waals surface area contributed by atoms with E-state index in [1.165, 1.54) is 5.56 Å². The molecule has 1 aromatic rings. The highest BCUT2D eigenvalue weighted by Crippen LogP contribution is 2.42. The van der Waals surface area contributed by atoms with E-state index in [0.717, 1.165) is 17.4 Å². The van der Waals surface area contributed by atoms with Gasteiger partial charge in [0.2, 0.25) is 0 Å². The SMILES string of the molecule is COC1CC(NCc2cncc(Br)c2)C1(C)C. The minimum Gasteiger partial charge on any atom is -0.381 e. The smallest absolute Gasteiger partial charge is 0.0652 e. The molecule has 4 heteroatoms. The van der Waals surface area contributed by atoms with Crippen molar-refractivity contribution in [3.05, 3.63) is 28.5 Å². The molecule has 0 amide bonds. The number of nitrogens with one attached hydrogen (secondary N) is 1. The van der Waals surface area contributed by atoms with E-state index in [1.54, 1.807) is 13.3 Å². The second-order valence-electron chi connectivity index (χ2n) is 5.23. The molecule has 0 bridgehead atoms. The molecule has 1 saturated carbocycles. The van der Waals surface area contributed by atoms with Gasteiger partial charge in [-0.25, -0.2) is 0 Å². The molecule has 1 heterocycles. The van der Waals surface area contributed by atoms with Crippen LogP contribution in [0.25, 0.3) is 0 Å². The molecule has 0 aromatic carbocycles. The molecule has 17 heavy (non-hydrogen) atoms. The van der Waals surface area contributed by atoms with Gasteiger partial charge >= 0.3 is 0 Å². The van der Waals surface area contributed by atoms with E-state index < -0.39 is 0 Å². The molecule has 94 valence electrons. The molecule has 2 rings (SSSR count). The zero-order chi connectivity index (χ0) is 12.5. The molecule has 0 spiro atoms. The third-order valence-electron chi connectivity index (χ3n) is 3.78. The Kier molecular flexibility index (Phi) is 3.85. The van der Waals surface area contributed by atoms with Crippen LogP contribution in [0.4, 0.5) is 0 Å². The zero-order valence-corrected chi connectivity index (χ0v) is 12.1. The lowest BCUT2D eigenvalue weighted by Gasteiger charge is -2.51. The summed E-state index contributed by atoms with van der Waals surface area (Å²) in [6, 6.07) is 2.62. The Hall–Kier alpha value is -0.450. The Morgan fingerprint density at radius 1 is 1.53 bits per heavy atom. The lowest BCUT2D eigenvalue weighted by molar-refractivity contribution is -0.0979. The fourth-order valence-electron chi connectivity index (χ4n) is 2.43. The molecule has 1 fully saturated rings. The van der Waals surface area contributed by atoms with Gasteiger partial charge in [-0.1, -0.05) is 13.8 Å². The van der Waals surface area contributed by atoms with Gasteiger partial charge in [-0.3, -0.25) is 4.98 Å². The van der Waals surface area contributed by atoms with Crippen LogP contribution < -0.4 is 5.32 Å². The molecular formula is C13H19BrN2O. The van der Waals surface area contributed by atoms with Crippen LogP contribution in [0.3, 0.4) is 0 Å². The molecule has 1 aliphatic carbocycles. The Labute approximate surface area is 111 Å². The van der Waals surface area contributed by atoms with Crippen molar-refractivity contribution in [3.8, 4) is 0 Å². The van der Waals surface area contributed by atoms with Gasteiger partial charge in [-0.15, -0.1) is 0 Å². The third kappa shape index (κ3) is 2.69. The number of ether oxygens (including phenoxy) is 1. The van der Waals surface area contributed by atoms with Crippen molar-refractivity contribution in [2.24, 2.45) is 5.41 Å². The van der Waals surface area contributed by atoms with Crippen molar-refractivity contribution in [2.45, 2.75) is 39.0 Å². The summed E-state index contributed by atoms with van der Waals surface area (Å²) in [5, 5.41) is 3.58. The topological polar surface area (TPSA) is 34.1 Å². The molecule has 0 aliphatic heterocycles. The standard InChI is InChI=1S/C13H19BrN2O/c1-13(2)11(5-12(13)17-3)16-7-9-4-10(14)8-15-6-9/h4,6,8,11-12,16H,5,7H2,1-3H3. The number of pyridine rings is 1. The summed E-state index contributed by atoms with van der Waals surface area (Å²) in [5.41, 5.74) is 1.42. The molecule has 1 aromatic heterocycles. The van der Waals surface area contributed by atoms with Crippen LogP contribution in [0.5, 0.6) is 0 Å². The zero-order valence-electron chi connectivity index (χ0n) is 10.5. The molecule has 1 aliphatic rings. The molecular weight excluding hydrogens is 280 g/mol. The van der Waals surface area contributed by atoms with Gasteiger partial charge in [0.05, 0.1) is 6.10 Å². The first-order valence-corrected chi connectivity index (χ1v) is 6.69. The van der Waals surface area contributed by atoms with Crippen LogP contribution in [0.15, 0.2) is 22.9 Å². The Morgan fingerprint density at radius 3 is 2.88 bits per heavy atom. The molecule has 2 unspecified atom stereocenters. The third-order valence-corrected chi connectivity index (χ3v) is 4.21. The van der Waals surface area contributed by atoms with Crippen molar-refractivity contribution in [1.29, 1.82) is 0 Å². The Balaban J connectivity index is 1.88. The van der Waals surface area contributed by atoms with Crippen LogP contribution >= 0.6 is 15.9 Å². The summed E-state index contributed by atoms with van der Waals surface area (Å²) >= 11 is 3.43. The second-order valence-corrected chi connectivity index (χ2v) is 6.14. The highest BCUT2D eigenvalue weighted by Gasteiger charge is 2.48. The minimum absolute atomic E-state index is 0.216. The predicted molar refractivity (Wildman–Crippen MR) is 71.8 cm³/mol. The first-order valence-electron chi connectivity index (χ1n) is 5.89. The molecule has 0 radical (unpaired) electrons. The average Bonchev–Trinajstić information content (AvgIpc) is 2.28. The van der Waals surface area contributed by atoms with Gasteiger partial charge in [-0.2, -0.15) is 0 Å². The summed E-state index contributed by atoms with van der Waals surface area (Å²) in [7, 11) is 1.79. The number of aromatic nitrogens is 1. The van der Waals surface area contributed by atoms with Gasteiger partial charge < -0.3 is 10.1 Å². The molecule has 3 nitrogen and oxygen atoms in total. The second kappa shape index (κ2) is 5.04. The summed E-state index contributed by atoms with van der Waals surface area (Å²) in [6.07, 6.45) is 5.17. The van der Waals surface area contributed by atoms with E-state index in [9.17, 15) is 0 Å². The quantitative estimate of drug-likeness (QED) is 0.928. The first-order chi connectivity index (χ1) is 8.04. The number of methoxy groups -OCH3 is 1. The maximum Gasteiger partial charge on any atom is 0.0652 e. The predicted octanol–water partition coefficient (Wildman–Crippen LogP) is 2.75. The monoisotopic (exact) mass is 298 g/mol. The summed E-state index contributed by atoms with van der Waals surface area (Å²) < 4.78 is 6.47. The Morgan fingerprint density at radius 2 is 2.29 bits per heavy atom. The molecule has 2 atom stereocenters. The van der Waals surface area contributed by atoms with Crippen molar-refractivity contribution in [2.75, 3.05) is 7.11 Å². The average molecular weight is 299 g/mol. The van der Waals surface area contributed by atoms with E-state index >= 15 is 0 Å². The van der Waals surface area contributed by atoms with Crippen molar-refractivity contribution in [3.63, 3.8) is 0 Å². The molecule has 0 saturated heterocycles.